The molecule has 2 rings (SSSR count). The van der Waals surface area contributed by atoms with E-state index in [-0.39, 0.29) is 12.3 Å². The summed E-state index contributed by atoms with van der Waals surface area (Å²) in [5.74, 6) is -0.444. The summed E-state index contributed by atoms with van der Waals surface area (Å²) in [5.41, 5.74) is 2.70. The lowest BCUT2D eigenvalue weighted by Crippen LogP contribution is -2.04. The number of hydrogen-bond acceptors (Lipinski definition) is 7. The van der Waals surface area contributed by atoms with Crippen molar-refractivity contribution in [1.82, 2.24) is 0 Å². The summed E-state index contributed by atoms with van der Waals surface area (Å²) in [4.78, 5) is 21.4. The summed E-state index contributed by atoms with van der Waals surface area (Å²) in [6.45, 7) is 6.12. The number of azo groups is 1. The zero-order chi connectivity index (χ0) is 19.6. The van der Waals surface area contributed by atoms with Crippen LogP contribution in [0.15, 0.2) is 65.3 Å². The minimum absolute atomic E-state index is 0.00796. The minimum Gasteiger partial charge on any atom is -0.462 e. The lowest BCUT2D eigenvalue weighted by molar-refractivity contribution is -0.384. The van der Waals surface area contributed by atoms with E-state index in [4.69, 9.17) is 4.74 Å². The average molecular weight is 368 g/mol. The quantitative estimate of drug-likeness (QED) is 0.227. The van der Waals surface area contributed by atoms with Gasteiger partial charge in [0.1, 0.15) is 5.69 Å². The molecule has 0 aromatic heterocycles. The average Bonchev–Trinajstić information content (AvgIpc) is 2.68. The first kappa shape index (κ1) is 19.8. The third-order valence-corrected chi connectivity index (χ3v) is 3.57. The highest BCUT2D eigenvalue weighted by Gasteiger charge is 2.10. The lowest BCUT2D eigenvalue weighted by Gasteiger charge is -2.06. The van der Waals surface area contributed by atoms with E-state index in [0.29, 0.717) is 30.0 Å². The molecule has 0 atom stereocenters. The number of rotatable bonds is 9. The summed E-state index contributed by atoms with van der Waals surface area (Å²) >= 11 is 0. The van der Waals surface area contributed by atoms with Crippen LogP contribution in [-0.2, 0) is 16.0 Å². The molecule has 0 amide bonds. The predicted molar refractivity (Wildman–Crippen MR) is 103 cm³/mol. The van der Waals surface area contributed by atoms with Crippen molar-refractivity contribution in [2.24, 2.45) is 10.2 Å². The number of nitrogens with zero attached hydrogens (tertiary/aromatic N) is 3. The number of hydrogen-bond donors (Lipinski definition) is 1. The highest BCUT2D eigenvalue weighted by Crippen LogP contribution is 2.30. The Morgan fingerprint density at radius 1 is 1.26 bits per heavy atom. The van der Waals surface area contributed by atoms with Gasteiger partial charge in [-0.05, 0) is 30.7 Å². The van der Waals surface area contributed by atoms with Crippen LogP contribution < -0.4 is 5.32 Å². The van der Waals surface area contributed by atoms with E-state index < -0.39 is 10.9 Å². The Labute approximate surface area is 156 Å². The molecule has 0 fully saturated rings. The summed E-state index contributed by atoms with van der Waals surface area (Å²) in [5, 5.41) is 22.3. The van der Waals surface area contributed by atoms with E-state index in [9.17, 15) is 14.9 Å². The number of carbonyl (C=O) groups excluding carboxylic acids is 1. The summed E-state index contributed by atoms with van der Waals surface area (Å²) in [7, 11) is 0. The van der Waals surface area contributed by atoms with E-state index >= 15 is 0 Å². The maximum absolute atomic E-state index is 11.0. The molecule has 0 aliphatic carbocycles. The Bertz CT molecular complexity index is 847. The van der Waals surface area contributed by atoms with Gasteiger partial charge in [-0.3, -0.25) is 10.1 Å². The highest BCUT2D eigenvalue weighted by molar-refractivity contribution is 5.81. The largest absolute Gasteiger partial charge is 0.462 e. The van der Waals surface area contributed by atoms with E-state index in [1.807, 2.05) is 19.1 Å². The first-order chi connectivity index (χ1) is 13.0. The normalized spacial score (nSPS) is 10.6. The van der Waals surface area contributed by atoms with Crippen molar-refractivity contribution in [3.05, 3.63) is 70.8 Å². The maximum atomic E-state index is 11.0. The number of benzene rings is 2. The third-order valence-electron chi connectivity index (χ3n) is 3.57. The molecule has 27 heavy (non-hydrogen) atoms. The molecule has 8 nitrogen and oxygen atoms in total. The van der Waals surface area contributed by atoms with Crippen molar-refractivity contribution in [2.45, 2.75) is 13.3 Å². The molecule has 0 saturated heterocycles. The van der Waals surface area contributed by atoms with E-state index in [1.165, 1.54) is 12.1 Å². The van der Waals surface area contributed by atoms with Crippen LogP contribution in [0, 0.1) is 10.1 Å². The molecule has 0 spiro atoms. The molecular formula is C19H20N4O4. The molecule has 0 aliphatic heterocycles. The van der Waals surface area contributed by atoms with Crippen LogP contribution in [0.25, 0.3) is 0 Å². The lowest BCUT2D eigenvalue weighted by atomic mass is 10.1. The first-order valence-electron chi connectivity index (χ1n) is 8.35. The van der Waals surface area contributed by atoms with E-state index in [0.717, 1.165) is 11.6 Å². The highest BCUT2D eigenvalue weighted by atomic mass is 16.6. The van der Waals surface area contributed by atoms with Gasteiger partial charge < -0.3 is 10.1 Å². The molecule has 8 heteroatoms. The maximum Gasteiger partial charge on any atom is 0.330 e. The molecule has 0 heterocycles. The zero-order valence-corrected chi connectivity index (χ0v) is 14.9. The smallest absolute Gasteiger partial charge is 0.330 e. The summed E-state index contributed by atoms with van der Waals surface area (Å²) in [6, 6.07) is 11.7. The zero-order valence-electron chi connectivity index (χ0n) is 14.9. The van der Waals surface area contributed by atoms with Crippen LogP contribution in [-0.4, -0.2) is 24.0 Å². The molecule has 1 N–H and O–H groups in total. The van der Waals surface area contributed by atoms with Crippen LogP contribution in [0.5, 0.6) is 0 Å². The van der Waals surface area contributed by atoms with Gasteiger partial charge in [0.05, 0.1) is 22.9 Å². The number of anilines is 1. The fraction of sp³-hybridized carbons (Fsp3) is 0.211. The second-order valence-corrected chi connectivity index (χ2v) is 5.48. The number of nitro benzene ring substituents is 1. The number of nitro groups is 1. The van der Waals surface area contributed by atoms with Gasteiger partial charge >= 0.3 is 5.97 Å². The van der Waals surface area contributed by atoms with Crippen molar-refractivity contribution in [3.63, 3.8) is 0 Å². The van der Waals surface area contributed by atoms with Gasteiger partial charge in [0, 0.05) is 31.2 Å². The number of non-ortho nitro benzene ring substituents is 1. The van der Waals surface area contributed by atoms with Crippen LogP contribution in [0.3, 0.4) is 0 Å². The molecular weight excluding hydrogens is 348 g/mol. The first-order valence-corrected chi connectivity index (χ1v) is 8.35. The summed E-state index contributed by atoms with van der Waals surface area (Å²) < 4.78 is 4.94. The molecule has 0 unspecified atom stereocenters. The van der Waals surface area contributed by atoms with Crippen molar-refractivity contribution in [3.8, 4) is 0 Å². The standard InChI is InChI=1S/C19H20N4O4/c1-3-19(24)27-12-11-14-5-7-15(8-6-14)21-22-17-10-9-16(23(25)26)13-18(17)20-4-2/h3,5-10,13,20H,1,4,11-12H2,2H3. The van der Waals surface area contributed by atoms with Crippen molar-refractivity contribution >= 4 is 28.7 Å². The Morgan fingerprint density at radius 3 is 2.63 bits per heavy atom. The second kappa shape index (κ2) is 9.81. The van der Waals surface area contributed by atoms with Crippen molar-refractivity contribution in [1.29, 1.82) is 0 Å². The molecule has 140 valence electrons. The third kappa shape index (κ3) is 6.03. The van der Waals surface area contributed by atoms with Crippen LogP contribution >= 0.6 is 0 Å². The number of ether oxygens (including phenoxy) is 1. The van der Waals surface area contributed by atoms with Gasteiger partial charge in [0.25, 0.3) is 5.69 Å². The molecule has 0 radical (unpaired) electrons. The Morgan fingerprint density at radius 2 is 2.00 bits per heavy atom. The number of nitrogens with one attached hydrogen (secondary N) is 1. The molecule has 2 aromatic carbocycles. The van der Waals surface area contributed by atoms with E-state index in [2.05, 4.69) is 22.1 Å². The van der Waals surface area contributed by atoms with Crippen LogP contribution in [0.4, 0.5) is 22.7 Å². The van der Waals surface area contributed by atoms with Gasteiger partial charge in [0.2, 0.25) is 0 Å². The predicted octanol–water partition coefficient (Wildman–Crippen LogP) is 4.71. The van der Waals surface area contributed by atoms with E-state index in [1.54, 1.807) is 18.2 Å². The van der Waals surface area contributed by atoms with Gasteiger partial charge in [0.15, 0.2) is 0 Å². The SMILES string of the molecule is C=CC(=O)OCCc1ccc(N=Nc2ccc([N+](=O)[O-])cc2NCC)cc1. The Balaban J connectivity index is 2.05. The van der Waals surface area contributed by atoms with Gasteiger partial charge in [-0.15, -0.1) is 5.11 Å². The van der Waals surface area contributed by atoms with Crippen LogP contribution in [0.2, 0.25) is 0 Å². The Hall–Kier alpha value is -3.55. The second-order valence-electron chi connectivity index (χ2n) is 5.48. The topological polar surface area (TPSA) is 106 Å². The van der Waals surface area contributed by atoms with Crippen molar-refractivity contribution in [2.75, 3.05) is 18.5 Å². The number of esters is 1. The van der Waals surface area contributed by atoms with Gasteiger partial charge in [-0.25, -0.2) is 4.79 Å². The molecule has 0 saturated carbocycles. The monoisotopic (exact) mass is 368 g/mol. The van der Waals surface area contributed by atoms with Crippen molar-refractivity contribution < 1.29 is 14.5 Å². The fourth-order valence-corrected chi connectivity index (χ4v) is 2.23. The molecule has 2 aromatic rings. The van der Waals surface area contributed by atoms with Gasteiger partial charge in [-0.2, -0.15) is 5.11 Å². The Kier molecular flexibility index (Phi) is 7.18. The molecule has 0 aliphatic rings. The van der Waals surface area contributed by atoms with Gasteiger partial charge in [-0.1, -0.05) is 18.7 Å². The molecule has 0 bridgehead atoms. The number of carbonyl (C=O) groups is 1. The fourth-order valence-electron chi connectivity index (χ4n) is 2.23. The summed E-state index contributed by atoms with van der Waals surface area (Å²) in [6.07, 6.45) is 1.72. The van der Waals surface area contributed by atoms with Crippen LogP contribution in [0.1, 0.15) is 12.5 Å². The minimum atomic E-state index is -0.452.